The highest BCUT2D eigenvalue weighted by Crippen LogP contribution is 2.49. The topological polar surface area (TPSA) is 71.1 Å². The van der Waals surface area contributed by atoms with Gasteiger partial charge in [0.25, 0.3) is 0 Å². The van der Waals surface area contributed by atoms with Gasteiger partial charge in [0.2, 0.25) is 0 Å². The summed E-state index contributed by atoms with van der Waals surface area (Å²) in [6.07, 6.45) is 4.41. The molecule has 3 aromatic rings. The van der Waals surface area contributed by atoms with Crippen LogP contribution in [0.5, 0.6) is 23.0 Å². The zero-order valence-corrected chi connectivity index (χ0v) is 21.6. The number of esters is 2. The molecule has 0 bridgehead atoms. The smallest absolute Gasteiger partial charge is 0.338 e. The van der Waals surface area contributed by atoms with Crippen LogP contribution >= 0.6 is 0 Å². The number of carbonyl (C=O) groups excluding carboxylic acids is 2. The largest absolute Gasteiger partial charge is 0.493 e. The Morgan fingerprint density at radius 3 is 2.00 bits per heavy atom. The average Bonchev–Trinajstić information content (AvgIpc) is 2.95. The van der Waals surface area contributed by atoms with Crippen LogP contribution in [-0.4, -0.2) is 25.2 Å². The molecule has 190 valence electrons. The third-order valence-corrected chi connectivity index (χ3v) is 6.01. The number of rotatable bonds is 5. The van der Waals surface area contributed by atoms with Crippen LogP contribution in [0.2, 0.25) is 0 Å². The molecule has 1 heterocycles. The fourth-order valence-electron chi connectivity index (χ4n) is 4.23. The summed E-state index contributed by atoms with van der Waals surface area (Å²) in [6.45, 7) is 15.3. The van der Waals surface area contributed by atoms with Gasteiger partial charge < -0.3 is 18.9 Å². The number of ether oxygens (including phenoxy) is 4. The number of fused-ring (bicyclic) bond motifs is 5. The zero-order chi connectivity index (χ0) is 26.7. The molecule has 0 radical (unpaired) electrons. The van der Waals surface area contributed by atoms with E-state index in [0.29, 0.717) is 53.8 Å². The van der Waals surface area contributed by atoms with Crippen molar-refractivity contribution in [1.82, 2.24) is 0 Å². The highest BCUT2D eigenvalue weighted by Gasteiger charge is 2.26. The molecule has 6 nitrogen and oxygen atoms in total. The summed E-state index contributed by atoms with van der Waals surface area (Å²) in [5.41, 5.74) is 3.82. The van der Waals surface area contributed by atoms with Crippen molar-refractivity contribution in [3.05, 3.63) is 77.9 Å². The zero-order valence-electron chi connectivity index (χ0n) is 21.6. The first-order valence-corrected chi connectivity index (χ1v) is 12.1. The fourth-order valence-corrected chi connectivity index (χ4v) is 4.23. The van der Waals surface area contributed by atoms with Gasteiger partial charge in [-0.15, -0.1) is 0 Å². The first kappa shape index (κ1) is 25.8. The number of benzene rings is 3. The highest BCUT2D eigenvalue weighted by atomic mass is 16.5. The molecule has 0 N–H and O–H groups in total. The Balaban J connectivity index is 2.05. The fraction of sp³-hybridized carbons (Fsp3) is 0.226. The molecule has 0 spiro atoms. The molecule has 0 unspecified atom stereocenters. The van der Waals surface area contributed by atoms with Crippen molar-refractivity contribution in [2.45, 2.75) is 34.1 Å². The number of allylic oxidation sites excluding steroid dienone is 1. The van der Waals surface area contributed by atoms with Crippen molar-refractivity contribution in [3.63, 3.8) is 0 Å². The lowest BCUT2D eigenvalue weighted by molar-refractivity contribution is -0.130. The summed E-state index contributed by atoms with van der Waals surface area (Å²) in [6, 6.07) is 11.2. The van der Waals surface area contributed by atoms with E-state index >= 15 is 0 Å². The van der Waals surface area contributed by atoms with Crippen molar-refractivity contribution >= 4 is 28.8 Å². The molecular weight excluding hydrogens is 468 g/mol. The number of hydrogen-bond acceptors (Lipinski definition) is 6. The van der Waals surface area contributed by atoms with Gasteiger partial charge >= 0.3 is 11.9 Å². The lowest BCUT2D eigenvalue weighted by Crippen LogP contribution is -2.11. The minimum Gasteiger partial charge on any atom is -0.493 e. The van der Waals surface area contributed by atoms with E-state index in [1.165, 1.54) is 0 Å². The van der Waals surface area contributed by atoms with E-state index < -0.39 is 11.9 Å². The molecule has 37 heavy (non-hydrogen) atoms. The number of carbonyl (C=O) groups is 2. The molecular formula is C31H30O6. The predicted molar refractivity (Wildman–Crippen MR) is 145 cm³/mol. The molecule has 6 heteroatoms. The van der Waals surface area contributed by atoms with E-state index in [4.69, 9.17) is 18.9 Å². The van der Waals surface area contributed by atoms with E-state index in [0.717, 1.165) is 33.0 Å². The summed E-state index contributed by atoms with van der Waals surface area (Å²) in [5.74, 6) is 0.900. The Morgan fingerprint density at radius 2 is 1.41 bits per heavy atom. The van der Waals surface area contributed by atoms with E-state index in [1.807, 2.05) is 50.3 Å². The standard InChI is InChI=1S/C31H30O6/c1-7-11-21-20(6)28-26(16-24(21)36-30(32)18(2)3)34-14-10-15-35-27-17-25(37-31(33)19(4)5)22-12-8-9-13-23(22)29(27)28/h7-9,11-13,16-17H,2,4,10,14-15H2,1,3,5-6H3/b11-7-. The maximum Gasteiger partial charge on any atom is 0.338 e. The van der Waals surface area contributed by atoms with Gasteiger partial charge in [-0.2, -0.15) is 0 Å². The van der Waals surface area contributed by atoms with Gasteiger partial charge in [-0.25, -0.2) is 9.59 Å². The average molecular weight is 499 g/mol. The van der Waals surface area contributed by atoms with Crippen LogP contribution in [0, 0.1) is 6.92 Å². The first-order chi connectivity index (χ1) is 17.7. The second kappa shape index (κ2) is 10.7. The number of hydrogen-bond donors (Lipinski definition) is 0. The lowest BCUT2D eigenvalue weighted by Gasteiger charge is -2.22. The molecule has 0 amide bonds. The van der Waals surface area contributed by atoms with Crippen LogP contribution in [0.25, 0.3) is 28.0 Å². The van der Waals surface area contributed by atoms with Crippen molar-refractivity contribution in [3.8, 4) is 34.1 Å². The molecule has 0 aliphatic carbocycles. The Kier molecular flexibility index (Phi) is 7.48. The second-order valence-electron chi connectivity index (χ2n) is 8.97. The van der Waals surface area contributed by atoms with Crippen LogP contribution in [-0.2, 0) is 9.59 Å². The van der Waals surface area contributed by atoms with Gasteiger partial charge in [-0.05, 0) is 38.6 Å². The van der Waals surface area contributed by atoms with Gasteiger partial charge in [0.05, 0.1) is 13.2 Å². The van der Waals surface area contributed by atoms with Gasteiger partial charge in [0, 0.05) is 51.8 Å². The van der Waals surface area contributed by atoms with Crippen molar-refractivity contribution in [2.75, 3.05) is 13.2 Å². The van der Waals surface area contributed by atoms with Crippen LogP contribution in [0.15, 0.2) is 66.8 Å². The SMILES string of the molecule is C=C(C)C(=O)Oc1cc2c(c(C)c1/C=C\C)-c1c(cc(OC(=O)C(=C)C)c3ccccc13)OCCCO2. The molecule has 4 rings (SSSR count). The van der Waals surface area contributed by atoms with Crippen LogP contribution in [0.1, 0.15) is 38.3 Å². The summed E-state index contributed by atoms with van der Waals surface area (Å²) in [7, 11) is 0. The third-order valence-electron chi connectivity index (χ3n) is 6.01. The summed E-state index contributed by atoms with van der Waals surface area (Å²) in [5, 5.41) is 1.58. The molecule has 0 atom stereocenters. The summed E-state index contributed by atoms with van der Waals surface area (Å²) < 4.78 is 23.9. The van der Waals surface area contributed by atoms with Crippen LogP contribution in [0.4, 0.5) is 0 Å². The first-order valence-electron chi connectivity index (χ1n) is 12.1. The van der Waals surface area contributed by atoms with Crippen LogP contribution in [0.3, 0.4) is 0 Å². The maximum atomic E-state index is 12.4. The maximum absolute atomic E-state index is 12.4. The lowest BCUT2D eigenvalue weighted by atomic mass is 9.90. The van der Waals surface area contributed by atoms with E-state index in [1.54, 1.807) is 26.0 Å². The Hall–Kier alpha value is -4.32. The minimum absolute atomic E-state index is 0.301. The third kappa shape index (κ3) is 5.14. The quantitative estimate of drug-likeness (QED) is 0.215. The van der Waals surface area contributed by atoms with E-state index in [-0.39, 0.29) is 0 Å². The Labute approximate surface area is 216 Å². The Bertz CT molecular complexity index is 1460. The van der Waals surface area contributed by atoms with Gasteiger partial charge in [-0.1, -0.05) is 49.6 Å². The van der Waals surface area contributed by atoms with Crippen LogP contribution < -0.4 is 18.9 Å². The summed E-state index contributed by atoms with van der Waals surface area (Å²) in [4.78, 5) is 24.8. The van der Waals surface area contributed by atoms with Crippen molar-refractivity contribution in [2.24, 2.45) is 0 Å². The molecule has 0 fully saturated rings. The molecule has 1 aliphatic rings. The Morgan fingerprint density at radius 1 is 0.865 bits per heavy atom. The van der Waals surface area contributed by atoms with E-state index in [2.05, 4.69) is 13.2 Å². The molecule has 0 aromatic heterocycles. The van der Waals surface area contributed by atoms with Crippen molar-refractivity contribution in [1.29, 1.82) is 0 Å². The molecule has 0 saturated heterocycles. The second-order valence-corrected chi connectivity index (χ2v) is 8.97. The molecule has 1 aliphatic heterocycles. The monoisotopic (exact) mass is 498 g/mol. The minimum atomic E-state index is -0.508. The summed E-state index contributed by atoms with van der Waals surface area (Å²) >= 11 is 0. The molecule has 3 aromatic carbocycles. The van der Waals surface area contributed by atoms with Gasteiger partial charge in [0.15, 0.2) is 0 Å². The normalized spacial score (nSPS) is 12.8. The van der Waals surface area contributed by atoms with Gasteiger partial charge in [-0.3, -0.25) is 0 Å². The van der Waals surface area contributed by atoms with Gasteiger partial charge in [0.1, 0.15) is 23.0 Å². The van der Waals surface area contributed by atoms with E-state index in [9.17, 15) is 9.59 Å². The van der Waals surface area contributed by atoms with Crippen molar-refractivity contribution < 1.29 is 28.5 Å². The highest BCUT2D eigenvalue weighted by molar-refractivity contribution is 6.06. The molecule has 0 saturated carbocycles. The predicted octanol–water partition coefficient (Wildman–Crippen LogP) is 6.97.